The van der Waals surface area contributed by atoms with Crippen LogP contribution in [0.3, 0.4) is 0 Å². The van der Waals surface area contributed by atoms with Crippen molar-refractivity contribution in [3.05, 3.63) is 42.0 Å². The second-order valence-electron chi connectivity index (χ2n) is 4.49. The first kappa shape index (κ1) is 15.5. The van der Waals surface area contributed by atoms with E-state index < -0.39 is 18.9 Å². The molecule has 2 aromatic rings. The van der Waals surface area contributed by atoms with E-state index in [1.54, 1.807) is 30.3 Å². The second-order valence-corrected chi connectivity index (χ2v) is 4.93. The minimum Gasteiger partial charge on any atom is -0.389 e. The zero-order valence-corrected chi connectivity index (χ0v) is 11.6. The predicted octanol–water partition coefficient (Wildman–Crippen LogP) is 3.79. The molecule has 0 heterocycles. The number of anilines is 1. The molecule has 2 rings (SSSR count). The van der Waals surface area contributed by atoms with Crippen molar-refractivity contribution in [2.24, 2.45) is 5.73 Å². The largest absolute Gasteiger partial charge is 0.389 e. The molecule has 0 amide bonds. The van der Waals surface area contributed by atoms with Crippen molar-refractivity contribution in [3.63, 3.8) is 0 Å². The first-order chi connectivity index (χ1) is 9.83. The Morgan fingerprint density at radius 1 is 1.14 bits per heavy atom. The molecule has 0 aliphatic heterocycles. The van der Waals surface area contributed by atoms with Crippen LogP contribution in [0.5, 0.6) is 0 Å². The number of thiocarbonyl (C=S) groups is 1. The van der Waals surface area contributed by atoms with Crippen molar-refractivity contribution >= 4 is 33.7 Å². The number of halogens is 4. The van der Waals surface area contributed by atoms with Crippen LogP contribution in [0.1, 0.15) is 5.56 Å². The molecule has 0 unspecified atom stereocenters. The summed E-state index contributed by atoms with van der Waals surface area (Å²) in [6, 6.07) is 9.95. The molecular formula is C14H12F4N2S. The molecular weight excluding hydrogens is 304 g/mol. The number of fused-ring (bicyclic) bond motifs is 1. The molecule has 21 heavy (non-hydrogen) atoms. The third-order valence-electron chi connectivity index (χ3n) is 3.02. The molecule has 3 N–H and O–H groups in total. The third kappa shape index (κ3) is 3.24. The highest BCUT2D eigenvalue weighted by molar-refractivity contribution is 7.80. The van der Waals surface area contributed by atoms with Crippen LogP contribution in [-0.2, 0) is 0 Å². The van der Waals surface area contributed by atoms with E-state index in [1.807, 2.05) is 0 Å². The van der Waals surface area contributed by atoms with Gasteiger partial charge in [-0.2, -0.15) is 8.78 Å². The molecule has 7 heteroatoms. The van der Waals surface area contributed by atoms with Gasteiger partial charge in [0.25, 0.3) is 0 Å². The average molecular weight is 316 g/mol. The molecule has 0 spiro atoms. The van der Waals surface area contributed by atoms with Crippen LogP contribution >= 0.6 is 12.2 Å². The van der Waals surface area contributed by atoms with Crippen LogP contribution < -0.4 is 11.1 Å². The van der Waals surface area contributed by atoms with Gasteiger partial charge in [-0.15, -0.1) is 0 Å². The van der Waals surface area contributed by atoms with Crippen molar-refractivity contribution < 1.29 is 17.6 Å². The number of nitrogens with two attached hydrogens (primary N) is 1. The van der Waals surface area contributed by atoms with Gasteiger partial charge in [0.1, 0.15) is 4.99 Å². The molecule has 0 aliphatic rings. The summed E-state index contributed by atoms with van der Waals surface area (Å²) in [4.78, 5) is 0.177. The first-order valence-corrected chi connectivity index (χ1v) is 6.45. The van der Waals surface area contributed by atoms with E-state index in [9.17, 15) is 17.6 Å². The van der Waals surface area contributed by atoms with Crippen molar-refractivity contribution in [1.29, 1.82) is 0 Å². The van der Waals surface area contributed by atoms with Gasteiger partial charge in [0.2, 0.25) is 0 Å². The van der Waals surface area contributed by atoms with E-state index >= 15 is 0 Å². The fourth-order valence-electron chi connectivity index (χ4n) is 1.96. The van der Waals surface area contributed by atoms with E-state index in [1.165, 1.54) is 6.07 Å². The summed E-state index contributed by atoms with van der Waals surface area (Å²) in [5.74, 6) is -4.09. The van der Waals surface area contributed by atoms with Gasteiger partial charge in [0.05, 0.1) is 6.54 Å². The fraction of sp³-hybridized carbons (Fsp3) is 0.214. The van der Waals surface area contributed by atoms with Crippen LogP contribution in [0.2, 0.25) is 0 Å². The lowest BCUT2D eigenvalue weighted by Crippen LogP contribution is -2.34. The molecule has 0 saturated heterocycles. The lowest BCUT2D eigenvalue weighted by Gasteiger charge is -2.18. The topological polar surface area (TPSA) is 38.0 Å². The number of hydrogen-bond donors (Lipinski definition) is 2. The van der Waals surface area contributed by atoms with Gasteiger partial charge in [-0.25, -0.2) is 8.78 Å². The number of benzene rings is 2. The van der Waals surface area contributed by atoms with Gasteiger partial charge in [-0.3, -0.25) is 0 Å². The quantitative estimate of drug-likeness (QED) is 0.651. The molecule has 0 aromatic heterocycles. The molecule has 0 radical (unpaired) electrons. The Labute approximate surface area is 123 Å². The molecule has 2 aromatic carbocycles. The highest BCUT2D eigenvalue weighted by atomic mass is 32.1. The zero-order chi connectivity index (χ0) is 15.6. The Kier molecular flexibility index (Phi) is 4.32. The van der Waals surface area contributed by atoms with Crippen LogP contribution in [0.15, 0.2) is 36.4 Å². The van der Waals surface area contributed by atoms with E-state index in [0.29, 0.717) is 22.0 Å². The van der Waals surface area contributed by atoms with Crippen LogP contribution in [0, 0.1) is 0 Å². The molecule has 0 fully saturated rings. The lowest BCUT2D eigenvalue weighted by atomic mass is 10.0. The smallest absolute Gasteiger partial charge is 0.324 e. The van der Waals surface area contributed by atoms with Crippen molar-refractivity contribution in [3.8, 4) is 0 Å². The highest BCUT2D eigenvalue weighted by Crippen LogP contribution is 2.29. The van der Waals surface area contributed by atoms with Crippen LogP contribution in [-0.4, -0.2) is 23.9 Å². The number of alkyl halides is 4. The molecule has 0 atom stereocenters. The highest BCUT2D eigenvalue weighted by Gasteiger charge is 2.40. The minimum absolute atomic E-state index is 0.177. The van der Waals surface area contributed by atoms with E-state index in [2.05, 4.69) is 5.32 Å². The molecule has 112 valence electrons. The molecule has 0 aliphatic carbocycles. The Balaban J connectivity index is 2.38. The van der Waals surface area contributed by atoms with E-state index in [4.69, 9.17) is 18.0 Å². The van der Waals surface area contributed by atoms with E-state index in [-0.39, 0.29) is 4.99 Å². The summed E-state index contributed by atoms with van der Waals surface area (Å²) in [6.07, 6.45) is -3.72. The van der Waals surface area contributed by atoms with Gasteiger partial charge in [0, 0.05) is 16.6 Å². The average Bonchev–Trinajstić information content (AvgIpc) is 2.44. The fourth-order valence-corrected chi connectivity index (χ4v) is 2.14. The number of rotatable bonds is 5. The Bertz CT molecular complexity index is 673. The predicted molar refractivity (Wildman–Crippen MR) is 79.3 cm³/mol. The van der Waals surface area contributed by atoms with Crippen molar-refractivity contribution in [2.75, 3.05) is 11.9 Å². The third-order valence-corrected chi connectivity index (χ3v) is 3.24. The SMILES string of the molecule is NC(=S)c1ccc(NCC(F)(F)C(F)F)c2ccccc12. The van der Waals surface area contributed by atoms with Crippen LogP contribution in [0.4, 0.5) is 23.2 Å². The standard InChI is InChI=1S/C14H12F4N2S/c15-13(16)14(17,18)7-20-11-6-5-10(12(19)21)8-3-1-2-4-9(8)11/h1-6,13,20H,7H2,(H2,19,21). The van der Waals surface area contributed by atoms with Crippen molar-refractivity contribution in [1.82, 2.24) is 0 Å². The maximum Gasteiger partial charge on any atom is 0.324 e. The number of hydrogen-bond acceptors (Lipinski definition) is 2. The summed E-state index contributed by atoms with van der Waals surface area (Å²) in [7, 11) is 0. The second kappa shape index (κ2) is 5.85. The van der Waals surface area contributed by atoms with Gasteiger partial charge in [-0.1, -0.05) is 36.5 Å². The van der Waals surface area contributed by atoms with Gasteiger partial charge in [-0.05, 0) is 17.5 Å². The Morgan fingerprint density at radius 3 is 2.33 bits per heavy atom. The maximum absolute atomic E-state index is 13.0. The molecule has 0 bridgehead atoms. The monoisotopic (exact) mass is 316 g/mol. The normalized spacial score (nSPS) is 11.9. The van der Waals surface area contributed by atoms with Gasteiger partial charge in [0.15, 0.2) is 0 Å². The minimum atomic E-state index is -4.09. The van der Waals surface area contributed by atoms with Gasteiger partial charge < -0.3 is 11.1 Å². The zero-order valence-electron chi connectivity index (χ0n) is 10.7. The first-order valence-electron chi connectivity index (χ1n) is 6.04. The summed E-state index contributed by atoms with van der Waals surface area (Å²) < 4.78 is 50.3. The van der Waals surface area contributed by atoms with Crippen LogP contribution in [0.25, 0.3) is 10.8 Å². The molecule has 0 saturated carbocycles. The maximum atomic E-state index is 13.0. The van der Waals surface area contributed by atoms with Crippen molar-refractivity contribution in [2.45, 2.75) is 12.3 Å². The molecule has 2 nitrogen and oxygen atoms in total. The summed E-state index contributed by atoms with van der Waals surface area (Å²) in [5, 5.41) is 3.63. The summed E-state index contributed by atoms with van der Waals surface area (Å²) >= 11 is 4.93. The Morgan fingerprint density at radius 2 is 1.76 bits per heavy atom. The Hall–Kier alpha value is -1.89. The summed E-state index contributed by atoms with van der Waals surface area (Å²) in [5.41, 5.74) is 6.53. The number of nitrogens with one attached hydrogen (secondary N) is 1. The van der Waals surface area contributed by atoms with E-state index in [0.717, 1.165) is 0 Å². The van der Waals surface area contributed by atoms with Gasteiger partial charge >= 0.3 is 12.3 Å². The lowest BCUT2D eigenvalue weighted by molar-refractivity contribution is -0.117. The summed E-state index contributed by atoms with van der Waals surface area (Å²) in [6.45, 7) is -1.15.